The van der Waals surface area contributed by atoms with Crippen LogP contribution in [0.3, 0.4) is 0 Å². The van der Waals surface area contributed by atoms with Crippen molar-refractivity contribution in [1.29, 1.82) is 0 Å². The highest BCUT2D eigenvalue weighted by molar-refractivity contribution is 5.88. The third-order valence-corrected chi connectivity index (χ3v) is 3.78. The Hall–Kier alpha value is -3.88. The molecule has 0 spiro atoms. The molecule has 9 nitrogen and oxygen atoms in total. The molecular formula is C21H23N3O6. The molecule has 0 aromatic heterocycles. The second-order valence-electron chi connectivity index (χ2n) is 6.29. The third kappa shape index (κ3) is 8.42. The van der Waals surface area contributed by atoms with Crippen molar-refractivity contribution >= 4 is 23.9 Å². The fraction of sp³-hybridized carbons (Fsp3) is 0.238. The predicted molar refractivity (Wildman–Crippen MR) is 106 cm³/mol. The second-order valence-corrected chi connectivity index (χ2v) is 6.29. The van der Waals surface area contributed by atoms with Gasteiger partial charge >= 0.3 is 12.1 Å². The summed E-state index contributed by atoms with van der Waals surface area (Å²) in [5.41, 5.74) is 5.76. The Kier molecular flexibility index (Phi) is 8.85. The van der Waals surface area contributed by atoms with Crippen LogP contribution in [0.2, 0.25) is 0 Å². The molecule has 0 bridgehead atoms. The summed E-state index contributed by atoms with van der Waals surface area (Å²) in [4.78, 5) is 47.4. The van der Waals surface area contributed by atoms with Gasteiger partial charge in [-0.1, -0.05) is 60.7 Å². The number of carbonyl (C=O) groups is 4. The fourth-order valence-electron chi connectivity index (χ4n) is 2.32. The van der Waals surface area contributed by atoms with Crippen molar-refractivity contribution in [2.45, 2.75) is 32.6 Å². The molecule has 0 saturated carbocycles. The summed E-state index contributed by atoms with van der Waals surface area (Å²) in [6, 6.07) is 16.6. The van der Waals surface area contributed by atoms with Crippen molar-refractivity contribution in [1.82, 2.24) is 16.2 Å². The molecule has 0 saturated heterocycles. The number of hydrogen-bond acceptors (Lipinski definition) is 6. The topological polar surface area (TPSA) is 123 Å². The molecule has 3 amide bonds. The lowest BCUT2D eigenvalue weighted by atomic mass is 10.2. The summed E-state index contributed by atoms with van der Waals surface area (Å²) in [5, 5.41) is 2.33. The quantitative estimate of drug-likeness (QED) is 0.446. The second kappa shape index (κ2) is 11.8. The highest BCUT2D eigenvalue weighted by Gasteiger charge is 2.26. The number of benzene rings is 2. The third-order valence-electron chi connectivity index (χ3n) is 3.78. The Labute approximate surface area is 173 Å². The van der Waals surface area contributed by atoms with Gasteiger partial charge in [0.25, 0.3) is 0 Å². The SMILES string of the molecule is CC(=O)NNC(=O)C[C@H](NC(=O)OCc1ccccc1)C(=O)OCc1ccccc1. The van der Waals surface area contributed by atoms with Crippen molar-refractivity contribution in [2.24, 2.45) is 0 Å². The minimum Gasteiger partial charge on any atom is -0.459 e. The molecule has 0 heterocycles. The van der Waals surface area contributed by atoms with Gasteiger partial charge in [0, 0.05) is 6.92 Å². The summed E-state index contributed by atoms with van der Waals surface area (Å²) in [6.07, 6.45) is -1.33. The molecule has 0 fully saturated rings. The van der Waals surface area contributed by atoms with E-state index in [1.54, 1.807) is 48.5 Å². The van der Waals surface area contributed by atoms with Gasteiger partial charge in [0.05, 0.1) is 6.42 Å². The zero-order chi connectivity index (χ0) is 21.8. The van der Waals surface area contributed by atoms with Crippen LogP contribution in [-0.2, 0) is 37.1 Å². The minimum atomic E-state index is -1.30. The molecule has 0 aliphatic heterocycles. The van der Waals surface area contributed by atoms with Gasteiger partial charge in [0.15, 0.2) is 0 Å². The molecule has 30 heavy (non-hydrogen) atoms. The van der Waals surface area contributed by atoms with E-state index in [0.29, 0.717) is 0 Å². The van der Waals surface area contributed by atoms with E-state index in [1.807, 2.05) is 12.1 Å². The van der Waals surface area contributed by atoms with Crippen LogP contribution in [0, 0.1) is 0 Å². The molecule has 2 aromatic carbocycles. The van der Waals surface area contributed by atoms with Crippen molar-refractivity contribution in [3.63, 3.8) is 0 Å². The number of carbonyl (C=O) groups excluding carboxylic acids is 4. The van der Waals surface area contributed by atoms with Gasteiger partial charge in [-0.2, -0.15) is 0 Å². The molecule has 158 valence electrons. The number of esters is 1. The molecule has 2 rings (SSSR count). The lowest BCUT2D eigenvalue weighted by molar-refractivity contribution is -0.149. The maximum Gasteiger partial charge on any atom is 0.408 e. The first-order valence-electron chi connectivity index (χ1n) is 9.17. The van der Waals surface area contributed by atoms with E-state index in [-0.39, 0.29) is 13.2 Å². The smallest absolute Gasteiger partial charge is 0.408 e. The molecule has 2 aromatic rings. The van der Waals surface area contributed by atoms with E-state index in [4.69, 9.17) is 9.47 Å². The maximum absolute atomic E-state index is 12.4. The average molecular weight is 413 g/mol. The van der Waals surface area contributed by atoms with Crippen LogP contribution in [-0.4, -0.2) is 29.9 Å². The minimum absolute atomic E-state index is 0.00343. The summed E-state index contributed by atoms with van der Waals surface area (Å²) in [7, 11) is 0. The Morgan fingerprint density at radius 2 is 1.33 bits per heavy atom. The molecule has 3 N–H and O–H groups in total. The molecule has 0 aliphatic rings. The number of nitrogens with one attached hydrogen (secondary N) is 3. The first kappa shape index (κ1) is 22.4. The van der Waals surface area contributed by atoms with Crippen molar-refractivity contribution < 1.29 is 28.7 Å². The molecule has 0 aliphatic carbocycles. The number of amides is 3. The monoisotopic (exact) mass is 413 g/mol. The zero-order valence-electron chi connectivity index (χ0n) is 16.4. The van der Waals surface area contributed by atoms with E-state index < -0.39 is 36.3 Å². The van der Waals surface area contributed by atoms with Crippen LogP contribution in [0.1, 0.15) is 24.5 Å². The standard InChI is InChI=1S/C21H23N3O6/c1-15(25)23-24-19(26)12-18(20(27)29-13-16-8-4-2-5-9-16)22-21(28)30-14-17-10-6-3-7-11-17/h2-11,18H,12-14H2,1H3,(H,22,28)(H,23,25)(H,24,26)/t18-/m0/s1. The van der Waals surface area contributed by atoms with Crippen LogP contribution >= 0.6 is 0 Å². The Morgan fingerprint density at radius 3 is 1.87 bits per heavy atom. The fourth-order valence-corrected chi connectivity index (χ4v) is 2.32. The molecular weight excluding hydrogens is 390 g/mol. The van der Waals surface area contributed by atoms with Crippen molar-refractivity contribution in [2.75, 3.05) is 0 Å². The predicted octanol–water partition coefficient (Wildman–Crippen LogP) is 1.58. The molecule has 1 atom stereocenters. The van der Waals surface area contributed by atoms with Crippen molar-refractivity contribution in [3.8, 4) is 0 Å². The van der Waals surface area contributed by atoms with Gasteiger partial charge < -0.3 is 14.8 Å². The largest absolute Gasteiger partial charge is 0.459 e. The summed E-state index contributed by atoms with van der Waals surface area (Å²) < 4.78 is 10.3. The number of hydrazine groups is 1. The Bertz CT molecular complexity index is 858. The van der Waals surface area contributed by atoms with E-state index in [9.17, 15) is 19.2 Å². The summed E-state index contributed by atoms with van der Waals surface area (Å²) in [5.74, 6) is -1.98. The number of hydrogen-bond donors (Lipinski definition) is 3. The average Bonchev–Trinajstić information content (AvgIpc) is 2.75. The van der Waals surface area contributed by atoms with Gasteiger partial charge in [-0.25, -0.2) is 9.59 Å². The van der Waals surface area contributed by atoms with Gasteiger partial charge in [0.2, 0.25) is 11.8 Å². The van der Waals surface area contributed by atoms with E-state index in [1.165, 1.54) is 6.92 Å². The van der Waals surface area contributed by atoms with Crippen LogP contribution < -0.4 is 16.2 Å². The number of ether oxygens (including phenoxy) is 2. The highest BCUT2D eigenvalue weighted by atomic mass is 16.6. The van der Waals surface area contributed by atoms with Crippen LogP contribution in [0.25, 0.3) is 0 Å². The van der Waals surface area contributed by atoms with Crippen LogP contribution in [0.15, 0.2) is 60.7 Å². The van der Waals surface area contributed by atoms with E-state index >= 15 is 0 Å². The maximum atomic E-state index is 12.4. The lowest BCUT2D eigenvalue weighted by Crippen LogP contribution is -2.48. The lowest BCUT2D eigenvalue weighted by Gasteiger charge is -2.17. The summed E-state index contributed by atoms with van der Waals surface area (Å²) in [6.45, 7) is 1.19. The zero-order valence-corrected chi connectivity index (χ0v) is 16.4. The van der Waals surface area contributed by atoms with Gasteiger partial charge in [-0.05, 0) is 11.1 Å². The van der Waals surface area contributed by atoms with Crippen molar-refractivity contribution in [3.05, 3.63) is 71.8 Å². The Morgan fingerprint density at radius 1 is 0.800 bits per heavy atom. The van der Waals surface area contributed by atoms with E-state index in [2.05, 4.69) is 16.2 Å². The molecule has 9 heteroatoms. The van der Waals surface area contributed by atoms with Gasteiger partial charge in [-0.3, -0.25) is 20.4 Å². The van der Waals surface area contributed by atoms with Crippen LogP contribution in [0.4, 0.5) is 4.79 Å². The Balaban J connectivity index is 1.94. The number of alkyl carbamates (subject to hydrolysis) is 1. The van der Waals surface area contributed by atoms with E-state index in [0.717, 1.165) is 11.1 Å². The first-order chi connectivity index (χ1) is 14.4. The summed E-state index contributed by atoms with van der Waals surface area (Å²) >= 11 is 0. The highest BCUT2D eigenvalue weighted by Crippen LogP contribution is 2.05. The first-order valence-corrected chi connectivity index (χ1v) is 9.17. The molecule has 0 radical (unpaired) electrons. The van der Waals surface area contributed by atoms with Gasteiger partial charge in [0.1, 0.15) is 19.3 Å². The van der Waals surface area contributed by atoms with Crippen LogP contribution in [0.5, 0.6) is 0 Å². The van der Waals surface area contributed by atoms with Gasteiger partial charge in [-0.15, -0.1) is 0 Å². The normalized spacial score (nSPS) is 11.0. The number of rotatable bonds is 8. The molecule has 0 unspecified atom stereocenters.